The monoisotopic (exact) mass is 309 g/mol. The van der Waals surface area contributed by atoms with Crippen LogP contribution in [-0.2, 0) is 6.42 Å². The fourth-order valence-electron chi connectivity index (χ4n) is 3.15. The zero-order valence-electron chi connectivity index (χ0n) is 13.5. The molecule has 1 aliphatic carbocycles. The molecule has 0 aliphatic heterocycles. The molecule has 2 heteroatoms. The highest BCUT2D eigenvalue weighted by Crippen LogP contribution is 2.33. The van der Waals surface area contributed by atoms with Crippen LogP contribution >= 0.6 is 11.8 Å². The topological polar surface area (TPSA) is 12.0 Å². The molecule has 114 valence electrons. The summed E-state index contributed by atoms with van der Waals surface area (Å²) in [5.41, 5.74) is 7.03. The van der Waals surface area contributed by atoms with E-state index in [0.717, 1.165) is 12.8 Å². The molecular weight excluding hydrogens is 286 g/mol. The van der Waals surface area contributed by atoms with Crippen molar-refractivity contribution < 1.29 is 0 Å². The summed E-state index contributed by atoms with van der Waals surface area (Å²) >= 11 is 1.82. The Kier molecular flexibility index (Phi) is 4.58. The molecule has 1 nitrogen and oxygen atoms in total. The summed E-state index contributed by atoms with van der Waals surface area (Å²) < 4.78 is 0. The Labute approximate surface area is 137 Å². The summed E-state index contributed by atoms with van der Waals surface area (Å²) in [6, 6.07) is 17.9. The molecule has 0 saturated heterocycles. The Morgan fingerprint density at radius 1 is 1.05 bits per heavy atom. The Hall–Kier alpha value is -1.67. The van der Waals surface area contributed by atoms with Crippen LogP contribution in [0.15, 0.2) is 59.1 Å². The third-order valence-electron chi connectivity index (χ3n) is 4.50. The van der Waals surface area contributed by atoms with E-state index in [4.69, 9.17) is 0 Å². The number of fused-ring (bicyclic) bond motifs is 1. The van der Waals surface area contributed by atoms with Crippen LogP contribution in [0, 0.1) is 0 Å². The third-order valence-corrected chi connectivity index (χ3v) is 5.23. The van der Waals surface area contributed by atoms with Gasteiger partial charge in [-0.25, -0.2) is 0 Å². The van der Waals surface area contributed by atoms with Gasteiger partial charge < -0.3 is 5.32 Å². The van der Waals surface area contributed by atoms with Crippen molar-refractivity contribution in [1.29, 1.82) is 0 Å². The number of thioether (sulfide) groups is 1. The van der Waals surface area contributed by atoms with Crippen molar-refractivity contribution in [3.63, 3.8) is 0 Å². The quantitative estimate of drug-likeness (QED) is 0.755. The molecular formula is C20H23NS. The van der Waals surface area contributed by atoms with E-state index in [1.807, 2.05) is 11.8 Å². The van der Waals surface area contributed by atoms with Crippen molar-refractivity contribution in [2.75, 3.05) is 6.26 Å². The molecule has 1 atom stereocenters. The van der Waals surface area contributed by atoms with E-state index in [0.29, 0.717) is 6.04 Å². The number of nitrogens with one attached hydrogen (secondary N) is 1. The Bertz CT molecular complexity index is 688. The lowest BCUT2D eigenvalue weighted by Gasteiger charge is -2.26. The van der Waals surface area contributed by atoms with Gasteiger partial charge in [0.05, 0.1) is 0 Å². The van der Waals surface area contributed by atoms with Crippen LogP contribution < -0.4 is 5.32 Å². The van der Waals surface area contributed by atoms with Crippen molar-refractivity contribution in [2.24, 2.45) is 0 Å². The molecule has 1 aliphatic rings. The number of hydrogen-bond acceptors (Lipinski definition) is 2. The molecule has 2 aromatic carbocycles. The zero-order chi connectivity index (χ0) is 15.5. The van der Waals surface area contributed by atoms with Crippen LogP contribution in [0.3, 0.4) is 0 Å². The maximum atomic E-state index is 3.73. The molecule has 0 fully saturated rings. The van der Waals surface area contributed by atoms with Crippen LogP contribution in [0.2, 0.25) is 0 Å². The van der Waals surface area contributed by atoms with Gasteiger partial charge in [-0.1, -0.05) is 36.4 Å². The van der Waals surface area contributed by atoms with E-state index in [1.54, 1.807) is 0 Å². The van der Waals surface area contributed by atoms with Crippen LogP contribution in [0.1, 0.15) is 43.0 Å². The van der Waals surface area contributed by atoms with E-state index in [9.17, 15) is 0 Å². The third kappa shape index (κ3) is 3.07. The first-order valence-electron chi connectivity index (χ1n) is 7.87. The summed E-state index contributed by atoms with van der Waals surface area (Å²) in [5, 5.41) is 3.73. The Morgan fingerprint density at radius 2 is 1.82 bits per heavy atom. The number of allylic oxidation sites excluding steroid dienone is 2. The molecule has 2 aromatic rings. The van der Waals surface area contributed by atoms with Crippen LogP contribution in [0.25, 0.3) is 5.57 Å². The van der Waals surface area contributed by atoms with Crippen LogP contribution in [-0.4, -0.2) is 6.26 Å². The number of hydrogen-bond donors (Lipinski definition) is 1. The molecule has 0 unspecified atom stereocenters. The van der Waals surface area contributed by atoms with Gasteiger partial charge in [-0.15, -0.1) is 11.8 Å². The van der Waals surface area contributed by atoms with Crippen LogP contribution in [0.5, 0.6) is 0 Å². The van der Waals surface area contributed by atoms with Gasteiger partial charge in [0.2, 0.25) is 0 Å². The average Bonchev–Trinajstić information content (AvgIpc) is 2.57. The van der Waals surface area contributed by atoms with Gasteiger partial charge in [-0.05, 0) is 67.3 Å². The maximum Gasteiger partial charge on any atom is 0.0482 e. The van der Waals surface area contributed by atoms with Gasteiger partial charge in [0.1, 0.15) is 0 Å². The molecule has 0 bridgehead atoms. The van der Waals surface area contributed by atoms with Gasteiger partial charge >= 0.3 is 0 Å². The summed E-state index contributed by atoms with van der Waals surface area (Å²) in [7, 11) is 0. The fraction of sp³-hybridized carbons (Fsp3) is 0.300. The highest BCUT2D eigenvalue weighted by Gasteiger charge is 2.17. The summed E-state index contributed by atoms with van der Waals surface area (Å²) in [6.07, 6.45) is 4.38. The molecule has 0 amide bonds. The van der Waals surface area contributed by atoms with Gasteiger partial charge in [0, 0.05) is 16.6 Å². The second-order valence-electron chi connectivity index (χ2n) is 5.90. The first-order valence-corrected chi connectivity index (χ1v) is 9.10. The van der Waals surface area contributed by atoms with Gasteiger partial charge in [-0.2, -0.15) is 0 Å². The smallest absolute Gasteiger partial charge is 0.0482 e. The Morgan fingerprint density at radius 3 is 2.55 bits per heavy atom. The second kappa shape index (κ2) is 6.62. The zero-order valence-corrected chi connectivity index (χ0v) is 14.3. The van der Waals surface area contributed by atoms with E-state index in [-0.39, 0.29) is 0 Å². The molecule has 0 saturated carbocycles. The number of rotatable bonds is 4. The summed E-state index contributed by atoms with van der Waals surface area (Å²) in [5.74, 6) is 0. The maximum absolute atomic E-state index is 3.73. The first-order chi connectivity index (χ1) is 10.7. The molecule has 22 heavy (non-hydrogen) atoms. The fourth-order valence-corrected chi connectivity index (χ4v) is 3.61. The molecule has 0 heterocycles. The predicted molar refractivity (Wildman–Crippen MR) is 97.1 cm³/mol. The lowest BCUT2D eigenvalue weighted by Crippen LogP contribution is -2.21. The largest absolute Gasteiger partial charge is 0.382 e. The van der Waals surface area contributed by atoms with Crippen molar-refractivity contribution in [1.82, 2.24) is 5.32 Å². The normalized spacial score (nSPS) is 15.4. The molecule has 0 aromatic heterocycles. The number of benzene rings is 2. The minimum Gasteiger partial charge on any atom is -0.382 e. The van der Waals surface area contributed by atoms with Crippen molar-refractivity contribution >= 4 is 17.3 Å². The standard InChI is InChI=1S/C20H23NS/c1-14-19-11-10-18(22-3)13-17(19)9-12-20(14)21-15(2)16-7-5-4-6-8-16/h4-8,10-11,13,15,21H,9,12H2,1-3H3/t15-/m1/s1. The predicted octanol–water partition coefficient (Wildman–Crippen LogP) is 5.44. The lowest BCUT2D eigenvalue weighted by molar-refractivity contribution is 0.624. The summed E-state index contributed by atoms with van der Waals surface area (Å²) in [4.78, 5) is 1.36. The van der Waals surface area contributed by atoms with Crippen molar-refractivity contribution in [3.8, 4) is 0 Å². The highest BCUT2D eigenvalue weighted by molar-refractivity contribution is 7.98. The van der Waals surface area contributed by atoms with Gasteiger partial charge in [0.25, 0.3) is 0 Å². The number of aryl methyl sites for hydroxylation is 1. The minimum atomic E-state index is 0.346. The van der Waals surface area contributed by atoms with Crippen molar-refractivity contribution in [3.05, 3.63) is 70.9 Å². The average molecular weight is 309 g/mol. The molecule has 3 rings (SSSR count). The molecule has 0 radical (unpaired) electrons. The first kappa shape index (κ1) is 15.2. The second-order valence-corrected chi connectivity index (χ2v) is 6.78. The van der Waals surface area contributed by atoms with E-state index < -0.39 is 0 Å². The van der Waals surface area contributed by atoms with E-state index in [2.05, 4.69) is 74.0 Å². The molecule has 1 N–H and O–H groups in total. The van der Waals surface area contributed by atoms with Gasteiger partial charge in [0.15, 0.2) is 0 Å². The highest BCUT2D eigenvalue weighted by atomic mass is 32.2. The van der Waals surface area contributed by atoms with E-state index >= 15 is 0 Å². The molecule has 0 spiro atoms. The van der Waals surface area contributed by atoms with Gasteiger partial charge in [-0.3, -0.25) is 0 Å². The Balaban J connectivity index is 1.85. The summed E-state index contributed by atoms with van der Waals surface area (Å²) in [6.45, 7) is 4.48. The van der Waals surface area contributed by atoms with Crippen LogP contribution in [0.4, 0.5) is 0 Å². The van der Waals surface area contributed by atoms with E-state index in [1.165, 1.54) is 32.9 Å². The lowest BCUT2D eigenvalue weighted by atomic mass is 9.89. The SMILES string of the molecule is CSc1ccc2c(c1)CCC(N[C@H](C)c1ccccc1)=C2C. The van der Waals surface area contributed by atoms with Crippen molar-refractivity contribution in [2.45, 2.75) is 37.6 Å². The minimum absolute atomic E-state index is 0.346.